The van der Waals surface area contributed by atoms with Crippen molar-refractivity contribution in [2.75, 3.05) is 55.6 Å². The molecule has 2 saturated heterocycles. The molecule has 2 fully saturated rings. The zero-order chi connectivity index (χ0) is 33.1. The van der Waals surface area contributed by atoms with E-state index < -0.39 is 29.9 Å². The van der Waals surface area contributed by atoms with E-state index in [1.807, 2.05) is 17.0 Å². The van der Waals surface area contributed by atoms with Gasteiger partial charge in [0, 0.05) is 51.9 Å². The Balaban J connectivity index is 1.31. The first kappa shape index (κ1) is 34.3. The number of carbonyl (C=O) groups is 3. The van der Waals surface area contributed by atoms with Crippen LogP contribution in [0, 0.1) is 23.2 Å². The summed E-state index contributed by atoms with van der Waals surface area (Å²) in [5.74, 6) is -2.16. The Morgan fingerprint density at radius 3 is 2.26 bits per heavy atom. The highest BCUT2D eigenvalue weighted by Crippen LogP contribution is 2.33. The van der Waals surface area contributed by atoms with Crippen LogP contribution in [0.15, 0.2) is 30.3 Å². The molecule has 4 N–H and O–H groups in total. The number of amides is 3. The number of carbonyl (C=O) groups excluding carboxylic acids is 2. The largest absolute Gasteiger partial charge is 0.481 e. The standard InChI is InChI=1S/C31H39F3N8O4/c32-31(33,34)29-39-25(41-16-10-22(11-17-41)8-13-37-30(46)38-14-9-27(43)44)18-26(40-29)42-15-1-2-24(20-42)28(45)36-12-7-21-3-5-23(19-35)6-4-21/h3-6,18,22,24H,1-2,7-17,20H2,(H,36,45)(H,43,44)(H2,37,38,46). The van der Waals surface area contributed by atoms with Crippen LogP contribution in [0.1, 0.15) is 55.5 Å². The van der Waals surface area contributed by atoms with E-state index in [4.69, 9.17) is 10.4 Å². The van der Waals surface area contributed by atoms with Crippen LogP contribution in [0.5, 0.6) is 0 Å². The topological polar surface area (TPSA) is 164 Å². The molecule has 0 saturated carbocycles. The molecule has 1 unspecified atom stereocenters. The van der Waals surface area contributed by atoms with E-state index in [0.29, 0.717) is 76.8 Å². The highest BCUT2D eigenvalue weighted by Gasteiger charge is 2.37. The third kappa shape index (κ3) is 10.2. The van der Waals surface area contributed by atoms with Crippen LogP contribution >= 0.6 is 0 Å². The van der Waals surface area contributed by atoms with Gasteiger partial charge in [-0.1, -0.05) is 12.1 Å². The molecule has 2 aliphatic rings. The van der Waals surface area contributed by atoms with Gasteiger partial charge in [-0.05, 0) is 62.1 Å². The van der Waals surface area contributed by atoms with Crippen molar-refractivity contribution in [3.05, 3.63) is 47.3 Å². The van der Waals surface area contributed by atoms with Gasteiger partial charge >= 0.3 is 18.2 Å². The maximum Gasteiger partial charge on any atom is 0.451 e. The number of nitrogens with zero attached hydrogens (tertiary/aromatic N) is 5. The predicted octanol–water partition coefficient (Wildman–Crippen LogP) is 3.32. The van der Waals surface area contributed by atoms with Crippen LogP contribution in [0.4, 0.5) is 29.6 Å². The molecule has 4 rings (SSSR count). The number of alkyl halides is 3. The van der Waals surface area contributed by atoms with Crippen molar-refractivity contribution in [2.24, 2.45) is 11.8 Å². The number of nitriles is 1. The number of hydrogen-bond donors (Lipinski definition) is 4. The van der Waals surface area contributed by atoms with Crippen LogP contribution < -0.4 is 25.8 Å². The number of carboxylic acids is 1. The van der Waals surface area contributed by atoms with Crippen molar-refractivity contribution in [3.63, 3.8) is 0 Å². The lowest BCUT2D eigenvalue weighted by Crippen LogP contribution is -2.44. The van der Waals surface area contributed by atoms with Gasteiger partial charge in [-0.2, -0.15) is 18.4 Å². The summed E-state index contributed by atoms with van der Waals surface area (Å²) in [6.45, 7) is 2.55. The molecule has 1 aromatic carbocycles. The fourth-order valence-corrected chi connectivity index (χ4v) is 5.68. The third-order valence-corrected chi connectivity index (χ3v) is 8.27. The lowest BCUT2D eigenvalue weighted by molar-refractivity contribution is -0.145. The van der Waals surface area contributed by atoms with Gasteiger partial charge in [-0.3, -0.25) is 9.59 Å². The zero-order valence-corrected chi connectivity index (χ0v) is 25.5. The van der Waals surface area contributed by atoms with Crippen molar-refractivity contribution in [3.8, 4) is 6.07 Å². The second-order valence-corrected chi connectivity index (χ2v) is 11.6. The van der Waals surface area contributed by atoms with Gasteiger partial charge in [0.05, 0.1) is 24.0 Å². The van der Waals surface area contributed by atoms with Crippen LogP contribution in [0.2, 0.25) is 0 Å². The van der Waals surface area contributed by atoms with Crippen LogP contribution in [-0.2, 0) is 22.2 Å². The molecular formula is C31H39F3N8O4. The molecule has 46 heavy (non-hydrogen) atoms. The molecule has 2 aromatic rings. The van der Waals surface area contributed by atoms with Gasteiger partial charge in [0.2, 0.25) is 11.7 Å². The van der Waals surface area contributed by atoms with E-state index in [1.54, 1.807) is 23.1 Å². The predicted molar refractivity (Wildman–Crippen MR) is 163 cm³/mol. The molecule has 12 nitrogen and oxygen atoms in total. The molecule has 1 atom stereocenters. The van der Waals surface area contributed by atoms with Gasteiger partial charge < -0.3 is 30.9 Å². The second-order valence-electron chi connectivity index (χ2n) is 11.6. The lowest BCUT2D eigenvalue weighted by Gasteiger charge is -2.35. The molecule has 2 aliphatic heterocycles. The SMILES string of the molecule is N#Cc1ccc(CCNC(=O)C2CCCN(c3cc(N4CCC(CCNC(=O)NCCC(=O)O)CC4)nc(C(F)(F)F)n3)C2)cc1. The molecule has 3 amide bonds. The number of anilines is 2. The Morgan fingerprint density at radius 1 is 0.935 bits per heavy atom. The first-order valence-electron chi connectivity index (χ1n) is 15.5. The molecule has 248 valence electrons. The highest BCUT2D eigenvalue weighted by molar-refractivity contribution is 5.79. The monoisotopic (exact) mass is 644 g/mol. The van der Waals surface area contributed by atoms with E-state index >= 15 is 0 Å². The van der Waals surface area contributed by atoms with Crippen molar-refractivity contribution in [1.82, 2.24) is 25.9 Å². The number of urea groups is 1. The van der Waals surface area contributed by atoms with E-state index in [1.165, 1.54) is 0 Å². The second kappa shape index (κ2) is 16.1. The van der Waals surface area contributed by atoms with Gasteiger partial charge in [-0.15, -0.1) is 0 Å². The molecule has 0 spiro atoms. The maximum atomic E-state index is 13.9. The summed E-state index contributed by atoms with van der Waals surface area (Å²) in [6.07, 6.45) is -0.959. The molecule has 15 heteroatoms. The summed E-state index contributed by atoms with van der Waals surface area (Å²) in [4.78, 5) is 46.6. The molecule has 0 aliphatic carbocycles. The van der Waals surface area contributed by atoms with E-state index in [2.05, 4.69) is 32.0 Å². The van der Waals surface area contributed by atoms with Gasteiger partial charge in [0.25, 0.3) is 0 Å². The van der Waals surface area contributed by atoms with Crippen LogP contribution in [0.3, 0.4) is 0 Å². The molecular weight excluding hydrogens is 605 g/mol. The summed E-state index contributed by atoms with van der Waals surface area (Å²) < 4.78 is 41.6. The minimum Gasteiger partial charge on any atom is -0.481 e. The number of piperidine rings is 2. The Morgan fingerprint density at radius 2 is 1.61 bits per heavy atom. The average molecular weight is 645 g/mol. The Hall–Kier alpha value is -4.61. The lowest BCUT2D eigenvalue weighted by atomic mass is 9.93. The number of aliphatic carboxylic acids is 1. The van der Waals surface area contributed by atoms with Crippen molar-refractivity contribution in [2.45, 2.75) is 51.1 Å². The van der Waals surface area contributed by atoms with Crippen LogP contribution in [0.25, 0.3) is 0 Å². The smallest absolute Gasteiger partial charge is 0.451 e. The number of rotatable bonds is 12. The summed E-state index contributed by atoms with van der Waals surface area (Å²) in [7, 11) is 0. The Kier molecular flexibility index (Phi) is 12.0. The summed E-state index contributed by atoms with van der Waals surface area (Å²) in [5.41, 5.74) is 1.54. The first-order valence-corrected chi connectivity index (χ1v) is 15.5. The maximum absolute atomic E-state index is 13.9. The average Bonchev–Trinajstić information content (AvgIpc) is 3.04. The fourth-order valence-electron chi connectivity index (χ4n) is 5.68. The van der Waals surface area contributed by atoms with E-state index in [9.17, 15) is 27.6 Å². The van der Waals surface area contributed by atoms with Gasteiger partial charge in [0.1, 0.15) is 11.6 Å². The molecule has 1 aromatic heterocycles. The van der Waals surface area contributed by atoms with Crippen LogP contribution in [-0.4, -0.2) is 78.8 Å². The molecule has 3 heterocycles. The quantitative estimate of drug-likeness (QED) is 0.271. The Bertz CT molecular complexity index is 1390. The van der Waals surface area contributed by atoms with Gasteiger partial charge in [0.15, 0.2) is 0 Å². The molecule has 0 radical (unpaired) electrons. The van der Waals surface area contributed by atoms with Crippen molar-refractivity contribution in [1.29, 1.82) is 5.26 Å². The van der Waals surface area contributed by atoms with Crippen molar-refractivity contribution >= 4 is 29.5 Å². The number of halogens is 3. The normalized spacial score (nSPS) is 17.2. The number of benzene rings is 1. The highest BCUT2D eigenvalue weighted by atomic mass is 19.4. The van der Waals surface area contributed by atoms with E-state index in [-0.39, 0.29) is 43.0 Å². The Labute approximate surface area is 265 Å². The summed E-state index contributed by atoms with van der Waals surface area (Å²) in [5, 5.41) is 25.7. The zero-order valence-electron chi connectivity index (χ0n) is 25.5. The van der Waals surface area contributed by atoms with Crippen molar-refractivity contribution < 1.29 is 32.7 Å². The van der Waals surface area contributed by atoms with E-state index in [0.717, 1.165) is 5.56 Å². The first-order chi connectivity index (χ1) is 22.0. The number of hydrogen-bond acceptors (Lipinski definition) is 8. The molecule has 0 bridgehead atoms. The number of nitrogens with one attached hydrogen (secondary N) is 3. The fraction of sp³-hybridized carbons (Fsp3) is 0.548. The minimum absolute atomic E-state index is 0.0344. The van der Waals surface area contributed by atoms with Gasteiger partial charge in [-0.25, -0.2) is 14.8 Å². The third-order valence-electron chi connectivity index (χ3n) is 8.27. The summed E-state index contributed by atoms with van der Waals surface area (Å²) in [6, 6.07) is 10.3. The number of carboxylic acid groups (broad SMARTS) is 1. The summed E-state index contributed by atoms with van der Waals surface area (Å²) >= 11 is 0. The minimum atomic E-state index is -4.74. The number of aromatic nitrogens is 2.